The summed E-state index contributed by atoms with van der Waals surface area (Å²) < 4.78 is 0. The second-order valence-corrected chi connectivity index (χ2v) is 1.93. The predicted octanol–water partition coefficient (Wildman–Crippen LogP) is -1.67. The summed E-state index contributed by atoms with van der Waals surface area (Å²) in [5, 5.41) is 10.8. The number of carbonyl (C=O) groups excluding carboxylic acids is 1. The third kappa shape index (κ3) is 0.677. The summed E-state index contributed by atoms with van der Waals surface area (Å²) in [7, 11) is 0. The van der Waals surface area contributed by atoms with E-state index in [2.05, 4.69) is 5.73 Å². The molecule has 0 spiro atoms. The Labute approximate surface area is 46.8 Å². The van der Waals surface area contributed by atoms with Crippen molar-refractivity contribution in [1.82, 2.24) is 5.06 Å². The van der Waals surface area contributed by atoms with Gasteiger partial charge in [0.25, 0.3) is 5.91 Å². The molecule has 1 fully saturated rings. The molecule has 8 heavy (non-hydrogen) atoms. The molecule has 1 aliphatic heterocycles. The number of nitrogens with zero attached hydrogens (tertiary/aromatic N) is 1. The van der Waals surface area contributed by atoms with Gasteiger partial charge in [0, 0.05) is 13.0 Å². The van der Waals surface area contributed by atoms with E-state index in [1.807, 2.05) is 0 Å². The molecule has 0 aromatic rings. The zero-order valence-corrected chi connectivity index (χ0v) is 4.46. The molecule has 4 nitrogen and oxygen atoms in total. The Bertz CT molecular complexity index is 103. The van der Waals surface area contributed by atoms with Gasteiger partial charge in [-0.05, 0) is 0 Å². The van der Waals surface area contributed by atoms with Crippen LogP contribution in [-0.4, -0.2) is 23.6 Å². The number of hydrogen-bond acceptors (Lipinski definition) is 2. The van der Waals surface area contributed by atoms with Crippen LogP contribution in [0.3, 0.4) is 0 Å². The third-order valence-corrected chi connectivity index (χ3v) is 1.28. The van der Waals surface area contributed by atoms with Crippen LogP contribution in [0.25, 0.3) is 0 Å². The third-order valence-electron chi connectivity index (χ3n) is 1.28. The minimum Gasteiger partial charge on any atom is -0.756 e. The van der Waals surface area contributed by atoms with Crippen molar-refractivity contribution in [3.05, 3.63) is 5.21 Å². The second-order valence-electron chi connectivity index (χ2n) is 1.93. The summed E-state index contributed by atoms with van der Waals surface area (Å²) in [4.78, 5) is 10.5. The lowest BCUT2D eigenvalue weighted by molar-refractivity contribution is -0.401. The summed E-state index contributed by atoms with van der Waals surface area (Å²) in [6.07, 6.45) is 0.613. The Morgan fingerprint density at radius 1 is 1.88 bits per heavy atom. The van der Waals surface area contributed by atoms with Crippen LogP contribution in [-0.2, 0) is 4.79 Å². The van der Waals surface area contributed by atoms with Crippen molar-refractivity contribution in [2.45, 2.75) is 12.5 Å². The second kappa shape index (κ2) is 1.72. The summed E-state index contributed by atoms with van der Waals surface area (Å²) in [6, 6.07) is -0.285. The average molecular weight is 116 g/mol. The number of carbonyl (C=O) groups is 1. The number of rotatable bonds is 0. The largest absolute Gasteiger partial charge is 0.756 e. The molecular weight excluding hydrogens is 108 g/mol. The van der Waals surface area contributed by atoms with E-state index >= 15 is 0 Å². The van der Waals surface area contributed by atoms with E-state index in [-0.39, 0.29) is 11.9 Å². The fraction of sp³-hybridized carbons (Fsp3) is 0.750. The van der Waals surface area contributed by atoms with Crippen LogP contribution in [0, 0.1) is 5.21 Å². The molecule has 0 saturated carbocycles. The molecular formula is C4H8N2O2. The van der Waals surface area contributed by atoms with Gasteiger partial charge in [0.1, 0.15) is 0 Å². The van der Waals surface area contributed by atoms with Gasteiger partial charge in [-0.2, -0.15) is 0 Å². The van der Waals surface area contributed by atoms with Crippen LogP contribution in [0.2, 0.25) is 0 Å². The Hall–Kier alpha value is -0.610. The molecule has 3 N–H and O–H groups in total. The van der Waals surface area contributed by atoms with Crippen LogP contribution in [0.15, 0.2) is 0 Å². The van der Waals surface area contributed by atoms with Gasteiger partial charge in [0.15, 0.2) is 6.04 Å². The van der Waals surface area contributed by atoms with Crippen LogP contribution in [0.4, 0.5) is 0 Å². The molecule has 0 bridgehead atoms. The highest BCUT2D eigenvalue weighted by Crippen LogP contribution is 2.03. The minimum atomic E-state index is -0.370. The lowest BCUT2D eigenvalue weighted by Gasteiger charge is -2.19. The summed E-state index contributed by atoms with van der Waals surface area (Å²) in [5.41, 5.74) is 3.48. The van der Waals surface area contributed by atoms with Gasteiger partial charge in [-0.15, -0.1) is 0 Å². The maximum absolute atomic E-state index is 10.5. The highest BCUT2D eigenvalue weighted by atomic mass is 16.5. The van der Waals surface area contributed by atoms with Gasteiger partial charge >= 0.3 is 0 Å². The summed E-state index contributed by atoms with van der Waals surface area (Å²) in [6.45, 7) is 0.326. The highest BCUT2D eigenvalue weighted by Gasteiger charge is 2.25. The van der Waals surface area contributed by atoms with Gasteiger partial charge in [-0.1, -0.05) is 0 Å². The van der Waals surface area contributed by atoms with Crippen molar-refractivity contribution >= 4 is 5.91 Å². The first kappa shape index (κ1) is 5.53. The first-order chi connectivity index (χ1) is 3.72. The molecule has 0 radical (unpaired) electrons. The molecule has 0 aromatic heterocycles. The Morgan fingerprint density at radius 3 is 2.62 bits per heavy atom. The maximum atomic E-state index is 10.5. The predicted molar refractivity (Wildman–Crippen MR) is 26.4 cm³/mol. The van der Waals surface area contributed by atoms with Crippen molar-refractivity contribution in [3.8, 4) is 0 Å². The first-order valence-corrected chi connectivity index (χ1v) is 2.53. The molecule has 1 rings (SSSR count). The maximum Gasteiger partial charge on any atom is 0.270 e. The molecule has 1 atom stereocenters. The molecule has 4 heteroatoms. The standard InChI is InChI=1S/C4H7N2O2/c5-3-1-2-6(8)4(3)7/h3H,1-2,5H2/q-1/p+1. The smallest absolute Gasteiger partial charge is 0.270 e. The molecule has 1 heterocycles. The average Bonchev–Trinajstić information content (AvgIpc) is 1.98. The van der Waals surface area contributed by atoms with E-state index in [1.54, 1.807) is 0 Å². The van der Waals surface area contributed by atoms with Crippen molar-refractivity contribution in [2.24, 2.45) is 0 Å². The lowest BCUT2D eigenvalue weighted by Crippen LogP contribution is -2.63. The van der Waals surface area contributed by atoms with Crippen molar-refractivity contribution in [3.63, 3.8) is 0 Å². The zero-order chi connectivity index (χ0) is 6.15. The number of amides is 1. The van der Waals surface area contributed by atoms with E-state index in [4.69, 9.17) is 0 Å². The Balaban J connectivity index is 2.57. The van der Waals surface area contributed by atoms with Crippen LogP contribution >= 0.6 is 0 Å². The molecule has 1 amide bonds. The van der Waals surface area contributed by atoms with Crippen molar-refractivity contribution in [1.29, 1.82) is 0 Å². The van der Waals surface area contributed by atoms with Gasteiger partial charge in [0.2, 0.25) is 0 Å². The molecule has 1 saturated heterocycles. The van der Waals surface area contributed by atoms with Gasteiger partial charge in [-0.25, -0.2) is 0 Å². The SMILES string of the molecule is [NH3+]C1CCN([O-])C1=O. The van der Waals surface area contributed by atoms with Crippen LogP contribution in [0.1, 0.15) is 6.42 Å². The zero-order valence-electron chi connectivity index (χ0n) is 4.46. The molecule has 0 aromatic carbocycles. The normalized spacial score (nSPS) is 29.5. The van der Waals surface area contributed by atoms with Crippen LogP contribution < -0.4 is 5.73 Å². The summed E-state index contributed by atoms with van der Waals surface area (Å²) >= 11 is 0. The number of quaternary nitrogens is 1. The van der Waals surface area contributed by atoms with Gasteiger partial charge in [-0.3, -0.25) is 4.79 Å². The van der Waals surface area contributed by atoms with E-state index in [0.717, 1.165) is 0 Å². The monoisotopic (exact) mass is 116 g/mol. The van der Waals surface area contributed by atoms with Gasteiger partial charge in [0.05, 0.1) is 0 Å². The minimum absolute atomic E-state index is 0.285. The molecule has 1 aliphatic rings. The van der Waals surface area contributed by atoms with Crippen molar-refractivity contribution < 1.29 is 10.5 Å². The number of hydroxylamine groups is 2. The molecule has 46 valence electrons. The Kier molecular flexibility index (Phi) is 1.19. The lowest BCUT2D eigenvalue weighted by atomic mass is 10.3. The van der Waals surface area contributed by atoms with E-state index < -0.39 is 0 Å². The van der Waals surface area contributed by atoms with Crippen LogP contribution in [0.5, 0.6) is 0 Å². The van der Waals surface area contributed by atoms with E-state index in [9.17, 15) is 10.0 Å². The highest BCUT2D eigenvalue weighted by molar-refractivity contribution is 5.82. The first-order valence-electron chi connectivity index (χ1n) is 2.53. The molecule has 1 unspecified atom stereocenters. The van der Waals surface area contributed by atoms with Crippen molar-refractivity contribution in [2.75, 3.05) is 6.54 Å². The molecule has 0 aliphatic carbocycles. The van der Waals surface area contributed by atoms with E-state index in [0.29, 0.717) is 18.0 Å². The van der Waals surface area contributed by atoms with E-state index in [1.165, 1.54) is 0 Å². The fourth-order valence-electron chi connectivity index (χ4n) is 0.710. The fourth-order valence-corrected chi connectivity index (χ4v) is 0.710. The quantitative estimate of drug-likeness (QED) is 0.411. The number of hydrogen-bond donors (Lipinski definition) is 1. The summed E-state index contributed by atoms with van der Waals surface area (Å²) in [5.74, 6) is -0.370. The van der Waals surface area contributed by atoms with Gasteiger partial charge < -0.3 is 16.0 Å². The topological polar surface area (TPSA) is 71.0 Å². The Morgan fingerprint density at radius 2 is 2.50 bits per heavy atom.